The molecule has 1 amide bonds. The van der Waals surface area contributed by atoms with E-state index in [9.17, 15) is 4.79 Å². The molecule has 1 aromatic heterocycles. The molecule has 0 bridgehead atoms. The van der Waals surface area contributed by atoms with Crippen molar-refractivity contribution in [3.63, 3.8) is 0 Å². The van der Waals surface area contributed by atoms with Gasteiger partial charge in [-0.25, -0.2) is 4.98 Å². The monoisotopic (exact) mass is 262 g/mol. The number of nitrogens with zero attached hydrogens (tertiary/aromatic N) is 1. The van der Waals surface area contributed by atoms with Gasteiger partial charge in [0.15, 0.2) is 0 Å². The zero-order chi connectivity index (χ0) is 13.0. The SMILES string of the molecule is COc1ccccc1C(=O)NCc1nc(C)cs1. The van der Waals surface area contributed by atoms with Crippen LogP contribution in [0, 0.1) is 6.92 Å². The quantitative estimate of drug-likeness (QED) is 0.920. The summed E-state index contributed by atoms with van der Waals surface area (Å²) in [5, 5.41) is 5.69. The van der Waals surface area contributed by atoms with Crippen LogP contribution >= 0.6 is 11.3 Å². The molecular weight excluding hydrogens is 248 g/mol. The smallest absolute Gasteiger partial charge is 0.255 e. The molecule has 0 fully saturated rings. The van der Waals surface area contributed by atoms with E-state index < -0.39 is 0 Å². The van der Waals surface area contributed by atoms with Gasteiger partial charge in [0.05, 0.1) is 19.2 Å². The first-order valence-electron chi connectivity index (χ1n) is 5.53. The predicted molar refractivity (Wildman–Crippen MR) is 71.0 cm³/mol. The molecule has 0 aliphatic rings. The first kappa shape index (κ1) is 12.6. The summed E-state index contributed by atoms with van der Waals surface area (Å²) in [6.07, 6.45) is 0. The minimum absolute atomic E-state index is 0.152. The molecule has 94 valence electrons. The van der Waals surface area contributed by atoms with Crippen molar-refractivity contribution in [2.45, 2.75) is 13.5 Å². The van der Waals surface area contributed by atoms with Crippen molar-refractivity contribution in [2.24, 2.45) is 0 Å². The fraction of sp³-hybridized carbons (Fsp3) is 0.231. The van der Waals surface area contributed by atoms with Gasteiger partial charge < -0.3 is 10.1 Å². The maximum Gasteiger partial charge on any atom is 0.255 e. The van der Waals surface area contributed by atoms with Crippen LogP contribution in [0.4, 0.5) is 0 Å². The van der Waals surface area contributed by atoms with Gasteiger partial charge in [-0.05, 0) is 19.1 Å². The van der Waals surface area contributed by atoms with Crippen LogP contribution in [-0.2, 0) is 6.54 Å². The Morgan fingerprint density at radius 2 is 2.22 bits per heavy atom. The summed E-state index contributed by atoms with van der Waals surface area (Å²) in [7, 11) is 1.55. The highest BCUT2D eigenvalue weighted by Gasteiger charge is 2.11. The van der Waals surface area contributed by atoms with E-state index in [-0.39, 0.29) is 5.91 Å². The molecule has 4 nitrogen and oxygen atoms in total. The highest BCUT2D eigenvalue weighted by Crippen LogP contribution is 2.17. The van der Waals surface area contributed by atoms with Gasteiger partial charge in [0, 0.05) is 11.1 Å². The van der Waals surface area contributed by atoms with Gasteiger partial charge in [-0.3, -0.25) is 4.79 Å². The number of carbonyl (C=O) groups excluding carboxylic acids is 1. The molecule has 0 radical (unpaired) electrons. The summed E-state index contributed by atoms with van der Waals surface area (Å²) in [4.78, 5) is 16.3. The van der Waals surface area contributed by atoms with Gasteiger partial charge in [0.2, 0.25) is 0 Å². The Kier molecular flexibility index (Phi) is 3.94. The van der Waals surface area contributed by atoms with Gasteiger partial charge in [0.25, 0.3) is 5.91 Å². The molecular formula is C13H14N2O2S. The number of benzene rings is 1. The van der Waals surface area contributed by atoms with E-state index in [4.69, 9.17) is 4.74 Å². The number of amides is 1. The maximum atomic E-state index is 12.0. The van der Waals surface area contributed by atoms with E-state index in [1.165, 1.54) is 11.3 Å². The van der Waals surface area contributed by atoms with E-state index in [2.05, 4.69) is 10.3 Å². The van der Waals surface area contributed by atoms with Crippen molar-refractivity contribution in [2.75, 3.05) is 7.11 Å². The number of thiazole rings is 1. The Labute approximate surface area is 110 Å². The van der Waals surface area contributed by atoms with Crippen molar-refractivity contribution in [3.8, 4) is 5.75 Å². The van der Waals surface area contributed by atoms with E-state index >= 15 is 0 Å². The zero-order valence-electron chi connectivity index (χ0n) is 10.3. The molecule has 0 saturated heterocycles. The molecule has 2 aromatic rings. The number of hydrogen-bond acceptors (Lipinski definition) is 4. The number of para-hydroxylation sites is 1. The van der Waals surface area contributed by atoms with Gasteiger partial charge in [0.1, 0.15) is 10.8 Å². The lowest BCUT2D eigenvalue weighted by atomic mass is 10.2. The minimum atomic E-state index is -0.152. The number of methoxy groups -OCH3 is 1. The van der Waals surface area contributed by atoms with Crippen LogP contribution in [-0.4, -0.2) is 18.0 Å². The molecule has 0 unspecified atom stereocenters. The summed E-state index contributed by atoms with van der Waals surface area (Å²) < 4.78 is 5.15. The largest absolute Gasteiger partial charge is 0.496 e. The molecule has 0 saturated carbocycles. The average molecular weight is 262 g/mol. The molecule has 2 rings (SSSR count). The van der Waals surface area contributed by atoms with Crippen LogP contribution in [0.15, 0.2) is 29.6 Å². The molecule has 1 N–H and O–H groups in total. The molecule has 1 aromatic carbocycles. The Bertz CT molecular complexity index is 551. The third kappa shape index (κ3) is 2.87. The number of aromatic nitrogens is 1. The number of ether oxygens (including phenoxy) is 1. The van der Waals surface area contributed by atoms with Crippen LogP contribution in [0.2, 0.25) is 0 Å². The van der Waals surface area contributed by atoms with Crippen LogP contribution in [0.1, 0.15) is 21.1 Å². The van der Waals surface area contributed by atoms with Gasteiger partial charge in [-0.2, -0.15) is 0 Å². The third-order valence-electron chi connectivity index (χ3n) is 2.42. The predicted octanol–water partition coefficient (Wildman–Crippen LogP) is 2.39. The summed E-state index contributed by atoms with van der Waals surface area (Å²) in [6.45, 7) is 2.37. The van der Waals surface area contributed by atoms with Crippen molar-refractivity contribution < 1.29 is 9.53 Å². The van der Waals surface area contributed by atoms with E-state index in [1.54, 1.807) is 19.2 Å². The molecule has 5 heteroatoms. The molecule has 0 spiro atoms. The Hall–Kier alpha value is -1.88. The Morgan fingerprint density at radius 1 is 1.44 bits per heavy atom. The Morgan fingerprint density at radius 3 is 2.89 bits per heavy atom. The molecule has 1 heterocycles. The first-order valence-corrected chi connectivity index (χ1v) is 6.41. The third-order valence-corrected chi connectivity index (χ3v) is 3.39. The lowest BCUT2D eigenvalue weighted by Gasteiger charge is -2.07. The second-order valence-corrected chi connectivity index (χ2v) is 4.71. The van der Waals surface area contributed by atoms with Crippen molar-refractivity contribution >= 4 is 17.2 Å². The van der Waals surface area contributed by atoms with Crippen molar-refractivity contribution in [1.29, 1.82) is 0 Å². The fourth-order valence-electron chi connectivity index (χ4n) is 1.57. The van der Waals surface area contributed by atoms with E-state index in [0.29, 0.717) is 17.9 Å². The number of hydrogen-bond donors (Lipinski definition) is 1. The summed E-state index contributed by atoms with van der Waals surface area (Å²) in [5.74, 6) is 0.422. The zero-order valence-corrected chi connectivity index (χ0v) is 11.1. The number of carbonyl (C=O) groups is 1. The number of aryl methyl sites for hydroxylation is 1. The number of rotatable bonds is 4. The summed E-state index contributed by atoms with van der Waals surface area (Å²) in [5.41, 5.74) is 1.51. The highest BCUT2D eigenvalue weighted by atomic mass is 32.1. The lowest BCUT2D eigenvalue weighted by Crippen LogP contribution is -2.23. The van der Waals surface area contributed by atoms with E-state index in [0.717, 1.165) is 10.7 Å². The summed E-state index contributed by atoms with van der Waals surface area (Å²) >= 11 is 1.54. The molecule has 0 aliphatic heterocycles. The van der Waals surface area contributed by atoms with Gasteiger partial charge in [-0.15, -0.1) is 11.3 Å². The van der Waals surface area contributed by atoms with Crippen LogP contribution in [0.5, 0.6) is 5.75 Å². The standard InChI is InChI=1S/C13H14N2O2S/c1-9-8-18-12(15-9)7-14-13(16)10-5-3-4-6-11(10)17-2/h3-6,8H,7H2,1-2H3,(H,14,16). The van der Waals surface area contributed by atoms with E-state index in [1.807, 2.05) is 24.4 Å². The summed E-state index contributed by atoms with van der Waals surface area (Å²) in [6, 6.07) is 7.15. The highest BCUT2D eigenvalue weighted by molar-refractivity contribution is 7.09. The van der Waals surface area contributed by atoms with Crippen LogP contribution in [0.3, 0.4) is 0 Å². The second kappa shape index (κ2) is 5.64. The topological polar surface area (TPSA) is 51.2 Å². The minimum Gasteiger partial charge on any atom is -0.496 e. The lowest BCUT2D eigenvalue weighted by molar-refractivity contribution is 0.0948. The maximum absolute atomic E-state index is 12.0. The van der Waals surface area contributed by atoms with Crippen molar-refractivity contribution in [1.82, 2.24) is 10.3 Å². The average Bonchev–Trinajstić information content (AvgIpc) is 2.81. The fourth-order valence-corrected chi connectivity index (χ4v) is 2.28. The van der Waals surface area contributed by atoms with Gasteiger partial charge in [-0.1, -0.05) is 12.1 Å². The van der Waals surface area contributed by atoms with Gasteiger partial charge >= 0.3 is 0 Å². The molecule has 18 heavy (non-hydrogen) atoms. The second-order valence-electron chi connectivity index (χ2n) is 3.77. The molecule has 0 atom stereocenters. The van der Waals surface area contributed by atoms with Crippen LogP contribution in [0.25, 0.3) is 0 Å². The van der Waals surface area contributed by atoms with Crippen molar-refractivity contribution in [3.05, 3.63) is 45.9 Å². The first-order chi connectivity index (χ1) is 8.70. The Balaban J connectivity index is 2.03. The number of nitrogens with one attached hydrogen (secondary N) is 1. The van der Waals surface area contributed by atoms with Crippen LogP contribution < -0.4 is 10.1 Å². The molecule has 0 aliphatic carbocycles. The normalized spacial score (nSPS) is 10.1.